The van der Waals surface area contributed by atoms with E-state index in [2.05, 4.69) is 46.3 Å². The Morgan fingerprint density at radius 1 is 0.804 bits per heavy atom. The van der Waals surface area contributed by atoms with E-state index in [0.29, 0.717) is 11.7 Å². The average Bonchev–Trinajstić information content (AvgIpc) is 3.06. The zero-order chi connectivity index (χ0) is 32.9. The molecule has 46 heavy (non-hydrogen) atoms. The molecule has 8 heteroatoms. The second kappa shape index (κ2) is 17.6. The monoisotopic (exact) mass is 626 g/mol. The molecule has 0 radical (unpaired) electrons. The highest BCUT2D eigenvalue weighted by Crippen LogP contribution is 2.28. The molecular weight excluding hydrogens is 576 g/mol. The summed E-state index contributed by atoms with van der Waals surface area (Å²) >= 11 is 0. The standard InChI is InChI=1S/C23H29N3O3.C15H21NO/c1-18(27)25(2)16-17-26-14-12-20(13-15-26)29-23(28)24-22-11-7-6-10-21(22)19-8-4-3-5-9-19;1-12-3-5-14(6-4-12)11-16-9-7-15(8-10-16)13(2)17/h3-11,20H,12-17H2,1-2H3,(H,24,28);3-6,15H,7-11H2,1-2H3. The molecule has 246 valence electrons. The van der Waals surface area contributed by atoms with Crippen LogP contribution in [0, 0.1) is 12.8 Å². The fraction of sp³-hybridized carbons (Fsp3) is 0.447. The van der Waals surface area contributed by atoms with Gasteiger partial charge in [0.15, 0.2) is 0 Å². The van der Waals surface area contributed by atoms with Crippen LogP contribution in [0.15, 0.2) is 78.9 Å². The molecule has 2 aliphatic rings. The van der Waals surface area contributed by atoms with Crippen LogP contribution >= 0.6 is 0 Å². The zero-order valence-corrected chi connectivity index (χ0v) is 27.9. The first-order chi connectivity index (χ1) is 22.2. The molecule has 5 rings (SSSR count). The summed E-state index contributed by atoms with van der Waals surface area (Å²) in [5.41, 5.74) is 5.44. The predicted molar refractivity (Wildman–Crippen MR) is 185 cm³/mol. The molecule has 0 bridgehead atoms. The normalized spacial score (nSPS) is 16.2. The number of likely N-dealkylation sites (N-methyl/N-ethyl adjacent to an activating group) is 1. The molecule has 1 N–H and O–H groups in total. The molecule has 2 aliphatic heterocycles. The van der Waals surface area contributed by atoms with Crippen LogP contribution in [0.3, 0.4) is 0 Å². The number of ketones is 1. The smallest absolute Gasteiger partial charge is 0.411 e. The Hall–Kier alpha value is -4.01. The van der Waals surface area contributed by atoms with E-state index in [1.807, 2.05) is 61.6 Å². The fourth-order valence-electron chi connectivity index (χ4n) is 5.90. The van der Waals surface area contributed by atoms with Crippen molar-refractivity contribution < 1.29 is 19.1 Å². The molecule has 0 unspecified atom stereocenters. The number of likely N-dealkylation sites (tertiary alicyclic amines) is 2. The van der Waals surface area contributed by atoms with Crippen LogP contribution in [0.4, 0.5) is 10.5 Å². The van der Waals surface area contributed by atoms with E-state index in [1.165, 1.54) is 11.1 Å². The van der Waals surface area contributed by atoms with Crippen LogP contribution in [0.5, 0.6) is 0 Å². The number of aryl methyl sites for hydroxylation is 1. The number of carbonyl (C=O) groups is 3. The van der Waals surface area contributed by atoms with E-state index in [4.69, 9.17) is 4.74 Å². The lowest BCUT2D eigenvalue weighted by Gasteiger charge is -2.32. The Morgan fingerprint density at radius 2 is 1.41 bits per heavy atom. The number of amides is 2. The van der Waals surface area contributed by atoms with Gasteiger partial charge in [-0.05, 0) is 69.8 Å². The number of Topliss-reactive ketones (excluding diaryl/α,β-unsaturated/α-hetero) is 1. The van der Waals surface area contributed by atoms with Gasteiger partial charge in [-0.2, -0.15) is 0 Å². The van der Waals surface area contributed by atoms with Crippen molar-refractivity contribution >= 4 is 23.5 Å². The third kappa shape index (κ3) is 11.1. The van der Waals surface area contributed by atoms with Gasteiger partial charge in [0.05, 0.1) is 5.69 Å². The molecule has 3 aromatic rings. The van der Waals surface area contributed by atoms with Crippen LogP contribution in [0.2, 0.25) is 0 Å². The van der Waals surface area contributed by atoms with Crippen LogP contribution in [0.25, 0.3) is 11.1 Å². The number of anilines is 1. The van der Waals surface area contributed by atoms with Crippen molar-refractivity contribution in [2.24, 2.45) is 5.92 Å². The minimum Gasteiger partial charge on any atom is -0.446 e. The average molecular weight is 627 g/mol. The Morgan fingerprint density at radius 3 is 2.04 bits per heavy atom. The van der Waals surface area contributed by atoms with E-state index in [-0.39, 0.29) is 12.0 Å². The predicted octanol–water partition coefficient (Wildman–Crippen LogP) is 6.64. The first kappa shape index (κ1) is 34.9. The summed E-state index contributed by atoms with van der Waals surface area (Å²) in [5, 5.41) is 2.90. The van der Waals surface area contributed by atoms with Crippen molar-refractivity contribution in [3.8, 4) is 11.1 Å². The third-order valence-electron chi connectivity index (χ3n) is 9.04. The molecule has 0 saturated carbocycles. The molecule has 2 fully saturated rings. The van der Waals surface area contributed by atoms with Crippen molar-refractivity contribution in [1.82, 2.24) is 14.7 Å². The Bertz CT molecular complexity index is 1400. The van der Waals surface area contributed by atoms with Crippen molar-refractivity contribution in [2.45, 2.75) is 59.1 Å². The first-order valence-corrected chi connectivity index (χ1v) is 16.5. The highest BCUT2D eigenvalue weighted by molar-refractivity contribution is 5.91. The minimum absolute atomic E-state index is 0.0793. The second-order valence-electron chi connectivity index (χ2n) is 12.6. The largest absolute Gasteiger partial charge is 0.446 e. The maximum atomic E-state index is 12.4. The van der Waals surface area contributed by atoms with Gasteiger partial charge in [-0.1, -0.05) is 78.4 Å². The molecule has 2 saturated heterocycles. The SMILES string of the molecule is CC(=O)C1CCN(Cc2ccc(C)cc2)CC1.CC(=O)N(C)CCN1CCC(OC(=O)Nc2ccccc2-c2ccccc2)CC1. The highest BCUT2D eigenvalue weighted by atomic mass is 16.6. The number of nitrogens with zero attached hydrogens (tertiary/aromatic N) is 3. The Labute approximate surface area is 274 Å². The number of rotatable bonds is 9. The van der Waals surface area contributed by atoms with Crippen molar-refractivity contribution in [3.63, 3.8) is 0 Å². The lowest BCUT2D eigenvalue weighted by Crippen LogP contribution is -2.42. The fourth-order valence-corrected chi connectivity index (χ4v) is 5.90. The molecule has 0 aliphatic carbocycles. The van der Waals surface area contributed by atoms with Crippen molar-refractivity contribution in [1.29, 1.82) is 0 Å². The van der Waals surface area contributed by atoms with Gasteiger partial charge in [0.25, 0.3) is 0 Å². The maximum Gasteiger partial charge on any atom is 0.411 e. The Balaban J connectivity index is 0.000000240. The number of hydrogen-bond acceptors (Lipinski definition) is 6. The lowest BCUT2D eigenvalue weighted by molar-refractivity contribution is -0.127. The number of hydrogen-bond donors (Lipinski definition) is 1. The summed E-state index contributed by atoms with van der Waals surface area (Å²) in [6.45, 7) is 11.8. The van der Waals surface area contributed by atoms with Crippen LogP contribution < -0.4 is 5.32 Å². The van der Waals surface area contributed by atoms with E-state index in [1.54, 1.807) is 18.7 Å². The number of piperidine rings is 2. The van der Waals surface area contributed by atoms with Gasteiger partial charge in [-0.15, -0.1) is 0 Å². The van der Waals surface area contributed by atoms with E-state index < -0.39 is 6.09 Å². The lowest BCUT2D eigenvalue weighted by atomic mass is 9.93. The minimum atomic E-state index is -0.414. The Kier molecular flexibility index (Phi) is 13.4. The number of carbonyl (C=O) groups excluding carboxylic acids is 3. The highest BCUT2D eigenvalue weighted by Gasteiger charge is 2.24. The molecule has 2 heterocycles. The van der Waals surface area contributed by atoms with Crippen LogP contribution in [-0.2, 0) is 20.9 Å². The number of nitrogens with one attached hydrogen (secondary N) is 1. The topological polar surface area (TPSA) is 82.2 Å². The van der Waals surface area contributed by atoms with Gasteiger partial charge in [0.2, 0.25) is 5.91 Å². The molecule has 0 spiro atoms. The van der Waals surface area contributed by atoms with Gasteiger partial charge in [-0.3, -0.25) is 19.8 Å². The van der Waals surface area contributed by atoms with Crippen molar-refractivity contribution in [3.05, 3.63) is 90.0 Å². The summed E-state index contributed by atoms with van der Waals surface area (Å²) in [6, 6.07) is 26.4. The van der Waals surface area contributed by atoms with E-state index in [9.17, 15) is 14.4 Å². The quantitative estimate of drug-likeness (QED) is 0.287. The zero-order valence-electron chi connectivity index (χ0n) is 27.9. The summed E-state index contributed by atoms with van der Waals surface area (Å²) < 4.78 is 5.66. The van der Waals surface area contributed by atoms with E-state index >= 15 is 0 Å². The maximum absolute atomic E-state index is 12.4. The summed E-state index contributed by atoms with van der Waals surface area (Å²) in [7, 11) is 1.82. The number of ether oxygens (including phenoxy) is 1. The number of benzene rings is 3. The molecular formula is C38H50N4O4. The molecule has 8 nitrogen and oxygen atoms in total. The van der Waals surface area contributed by atoms with E-state index in [0.717, 1.165) is 88.3 Å². The first-order valence-electron chi connectivity index (χ1n) is 16.5. The second-order valence-corrected chi connectivity index (χ2v) is 12.6. The van der Waals surface area contributed by atoms with Gasteiger partial charge in [0, 0.05) is 58.2 Å². The third-order valence-corrected chi connectivity index (χ3v) is 9.04. The van der Waals surface area contributed by atoms with Gasteiger partial charge >= 0.3 is 6.09 Å². The summed E-state index contributed by atoms with van der Waals surface area (Å²) in [5.74, 6) is 0.750. The molecule has 3 aromatic carbocycles. The van der Waals surface area contributed by atoms with Crippen LogP contribution in [-0.4, -0.2) is 84.9 Å². The van der Waals surface area contributed by atoms with Crippen molar-refractivity contribution in [2.75, 3.05) is 51.6 Å². The molecule has 2 amide bonds. The van der Waals surface area contributed by atoms with Gasteiger partial charge in [-0.25, -0.2) is 4.79 Å². The van der Waals surface area contributed by atoms with Crippen LogP contribution in [0.1, 0.15) is 50.7 Å². The molecule has 0 atom stereocenters. The summed E-state index contributed by atoms with van der Waals surface area (Å²) in [4.78, 5) is 41.5. The summed E-state index contributed by atoms with van der Waals surface area (Å²) in [6.07, 6.45) is 3.17. The van der Waals surface area contributed by atoms with Gasteiger partial charge in [0.1, 0.15) is 11.9 Å². The number of para-hydroxylation sites is 1. The van der Waals surface area contributed by atoms with Gasteiger partial charge < -0.3 is 14.5 Å². The molecule has 0 aromatic heterocycles.